The largest absolute Gasteiger partial charge is 0.467 e. The maximum absolute atomic E-state index is 12.2. The second-order valence-electron chi connectivity index (χ2n) is 6.61. The molecule has 2 N–H and O–H groups in total. The highest BCUT2D eigenvalue weighted by Gasteiger charge is 2.24. The van der Waals surface area contributed by atoms with Gasteiger partial charge in [0.15, 0.2) is 0 Å². The van der Waals surface area contributed by atoms with Gasteiger partial charge in [-0.3, -0.25) is 4.79 Å². The first-order valence-electron chi connectivity index (χ1n) is 7.86. The van der Waals surface area contributed by atoms with Crippen LogP contribution in [0.25, 0.3) is 10.9 Å². The summed E-state index contributed by atoms with van der Waals surface area (Å²) in [4.78, 5) is 27.4. The van der Waals surface area contributed by atoms with Gasteiger partial charge in [0, 0.05) is 28.3 Å². The van der Waals surface area contributed by atoms with Crippen molar-refractivity contribution in [1.29, 1.82) is 0 Å². The highest BCUT2D eigenvalue weighted by Crippen LogP contribution is 2.23. The number of carbonyl (C=O) groups is 2. The SMILES string of the molecule is COC(=O)C(Cc1c[nH]c2ccccc12)NC(=O)CSC(C)(C)C. The summed E-state index contributed by atoms with van der Waals surface area (Å²) in [6.07, 6.45) is 2.26. The number of thioether (sulfide) groups is 1. The van der Waals surface area contributed by atoms with Crippen LogP contribution in [-0.4, -0.2) is 40.5 Å². The monoisotopic (exact) mass is 348 g/mol. The van der Waals surface area contributed by atoms with Gasteiger partial charge in [-0.25, -0.2) is 4.79 Å². The van der Waals surface area contributed by atoms with E-state index in [4.69, 9.17) is 4.74 Å². The predicted molar refractivity (Wildman–Crippen MR) is 98.2 cm³/mol. The zero-order valence-corrected chi connectivity index (χ0v) is 15.3. The van der Waals surface area contributed by atoms with Crippen LogP contribution in [0.3, 0.4) is 0 Å². The van der Waals surface area contributed by atoms with Crippen LogP contribution >= 0.6 is 11.8 Å². The van der Waals surface area contributed by atoms with Crippen LogP contribution in [0.1, 0.15) is 26.3 Å². The van der Waals surface area contributed by atoms with Crippen molar-refractivity contribution in [3.8, 4) is 0 Å². The molecule has 0 aliphatic carbocycles. The summed E-state index contributed by atoms with van der Waals surface area (Å²) in [6, 6.07) is 7.18. The Bertz CT molecular complexity index is 718. The molecule has 0 bridgehead atoms. The normalized spacial score (nSPS) is 12.8. The molecule has 24 heavy (non-hydrogen) atoms. The first-order chi connectivity index (χ1) is 11.3. The molecular weight excluding hydrogens is 324 g/mol. The lowest BCUT2D eigenvalue weighted by Gasteiger charge is -2.19. The van der Waals surface area contributed by atoms with Crippen LogP contribution in [0.5, 0.6) is 0 Å². The lowest BCUT2D eigenvalue weighted by atomic mass is 10.0. The molecule has 0 radical (unpaired) electrons. The van der Waals surface area contributed by atoms with Crippen LogP contribution in [0.15, 0.2) is 30.5 Å². The van der Waals surface area contributed by atoms with Crippen molar-refractivity contribution >= 4 is 34.5 Å². The van der Waals surface area contributed by atoms with Gasteiger partial charge in [0.25, 0.3) is 0 Å². The molecule has 0 saturated carbocycles. The maximum atomic E-state index is 12.2. The molecule has 1 heterocycles. The van der Waals surface area contributed by atoms with Crippen LogP contribution in [0.2, 0.25) is 0 Å². The van der Waals surface area contributed by atoms with E-state index >= 15 is 0 Å². The Morgan fingerprint density at radius 1 is 1.29 bits per heavy atom. The van der Waals surface area contributed by atoms with E-state index in [1.54, 1.807) is 11.8 Å². The van der Waals surface area contributed by atoms with Gasteiger partial charge in [0.1, 0.15) is 6.04 Å². The molecule has 0 aliphatic rings. The number of esters is 1. The fourth-order valence-electron chi connectivity index (χ4n) is 2.37. The third-order valence-electron chi connectivity index (χ3n) is 3.56. The summed E-state index contributed by atoms with van der Waals surface area (Å²) in [7, 11) is 1.33. The third kappa shape index (κ3) is 5.03. The van der Waals surface area contributed by atoms with Crippen LogP contribution in [0.4, 0.5) is 0 Å². The molecule has 1 atom stereocenters. The van der Waals surface area contributed by atoms with E-state index in [1.807, 2.05) is 30.5 Å². The topological polar surface area (TPSA) is 71.2 Å². The summed E-state index contributed by atoms with van der Waals surface area (Å²) < 4.78 is 4.84. The highest BCUT2D eigenvalue weighted by atomic mass is 32.2. The van der Waals surface area contributed by atoms with Crippen molar-refractivity contribution in [2.45, 2.75) is 38.0 Å². The quantitative estimate of drug-likeness (QED) is 0.788. The highest BCUT2D eigenvalue weighted by molar-refractivity contribution is 8.01. The van der Waals surface area contributed by atoms with E-state index in [0.29, 0.717) is 12.2 Å². The Morgan fingerprint density at radius 3 is 2.67 bits per heavy atom. The van der Waals surface area contributed by atoms with Crippen LogP contribution < -0.4 is 5.32 Å². The molecule has 5 nitrogen and oxygen atoms in total. The molecule has 6 heteroatoms. The summed E-state index contributed by atoms with van der Waals surface area (Å²) in [5.41, 5.74) is 1.98. The van der Waals surface area contributed by atoms with Crippen LogP contribution in [-0.2, 0) is 20.7 Å². The molecule has 0 saturated heterocycles. The molecule has 2 rings (SSSR count). The van der Waals surface area contributed by atoms with Gasteiger partial charge in [0.05, 0.1) is 12.9 Å². The maximum Gasteiger partial charge on any atom is 0.328 e. The fraction of sp³-hybridized carbons (Fsp3) is 0.444. The zero-order valence-electron chi connectivity index (χ0n) is 14.5. The first-order valence-corrected chi connectivity index (χ1v) is 8.85. The number of rotatable bonds is 6. The molecule has 0 aliphatic heterocycles. The number of methoxy groups -OCH3 is 1. The van der Waals surface area contributed by atoms with Crippen molar-refractivity contribution in [2.75, 3.05) is 12.9 Å². The van der Waals surface area contributed by atoms with Gasteiger partial charge in [-0.15, -0.1) is 11.8 Å². The number of H-pyrrole nitrogens is 1. The van der Waals surface area contributed by atoms with Gasteiger partial charge in [-0.05, 0) is 11.6 Å². The second kappa shape index (κ2) is 7.75. The Hall–Kier alpha value is -1.95. The van der Waals surface area contributed by atoms with Crippen molar-refractivity contribution in [3.63, 3.8) is 0 Å². The number of amides is 1. The molecule has 1 unspecified atom stereocenters. The molecule has 1 amide bonds. The summed E-state index contributed by atoms with van der Waals surface area (Å²) in [5.74, 6) is -0.287. The molecule has 1 aromatic heterocycles. The number of para-hydroxylation sites is 1. The van der Waals surface area contributed by atoms with Crippen molar-refractivity contribution in [1.82, 2.24) is 10.3 Å². The number of hydrogen-bond acceptors (Lipinski definition) is 4. The van der Waals surface area contributed by atoms with E-state index in [1.165, 1.54) is 7.11 Å². The van der Waals surface area contributed by atoms with Gasteiger partial charge in [-0.2, -0.15) is 0 Å². The standard InChI is InChI=1S/C18H24N2O3S/c1-18(2,3)24-11-16(21)20-15(17(22)23-4)9-12-10-19-14-8-6-5-7-13(12)14/h5-8,10,15,19H,9,11H2,1-4H3,(H,20,21). The molecule has 0 fully saturated rings. The summed E-state index contributed by atoms with van der Waals surface area (Å²) in [5, 5.41) is 3.84. The average Bonchev–Trinajstić information content (AvgIpc) is 2.94. The van der Waals surface area contributed by atoms with E-state index in [0.717, 1.165) is 16.5 Å². The number of fused-ring (bicyclic) bond motifs is 1. The summed E-state index contributed by atoms with van der Waals surface area (Å²) >= 11 is 1.54. The van der Waals surface area contributed by atoms with Crippen molar-refractivity contribution in [2.24, 2.45) is 0 Å². The van der Waals surface area contributed by atoms with Gasteiger partial charge < -0.3 is 15.0 Å². The van der Waals surface area contributed by atoms with Gasteiger partial charge >= 0.3 is 5.97 Å². The zero-order chi connectivity index (χ0) is 17.7. The summed E-state index contributed by atoms with van der Waals surface area (Å²) in [6.45, 7) is 6.15. The van der Waals surface area contributed by atoms with Gasteiger partial charge in [-0.1, -0.05) is 39.0 Å². The van der Waals surface area contributed by atoms with Crippen molar-refractivity contribution in [3.05, 3.63) is 36.0 Å². The molecule has 2 aromatic rings. The lowest BCUT2D eigenvalue weighted by Crippen LogP contribution is -2.44. The Balaban J connectivity index is 2.08. The minimum absolute atomic E-state index is 0.00502. The molecule has 1 aromatic carbocycles. The number of ether oxygens (including phenoxy) is 1. The average molecular weight is 348 g/mol. The number of nitrogens with one attached hydrogen (secondary N) is 2. The first kappa shape index (κ1) is 18.4. The minimum Gasteiger partial charge on any atom is -0.467 e. The minimum atomic E-state index is -0.692. The van der Waals surface area contributed by atoms with E-state index in [9.17, 15) is 9.59 Å². The van der Waals surface area contributed by atoms with E-state index in [2.05, 4.69) is 31.1 Å². The third-order valence-corrected chi connectivity index (χ3v) is 4.83. The Morgan fingerprint density at radius 2 is 2.00 bits per heavy atom. The molecule has 130 valence electrons. The fourth-order valence-corrected chi connectivity index (χ4v) is 3.02. The number of carbonyl (C=O) groups excluding carboxylic acids is 2. The van der Waals surface area contributed by atoms with Crippen molar-refractivity contribution < 1.29 is 14.3 Å². The number of aromatic nitrogens is 1. The van der Waals surface area contributed by atoms with Crippen LogP contribution in [0, 0.1) is 0 Å². The Labute approximate surface area is 146 Å². The number of benzene rings is 1. The second-order valence-corrected chi connectivity index (χ2v) is 8.41. The number of hydrogen-bond donors (Lipinski definition) is 2. The smallest absolute Gasteiger partial charge is 0.328 e. The van der Waals surface area contributed by atoms with E-state index < -0.39 is 12.0 Å². The number of aromatic amines is 1. The molecule has 0 spiro atoms. The predicted octanol–water partition coefficient (Wildman–Crippen LogP) is 2.90. The van der Waals surface area contributed by atoms with Gasteiger partial charge in [0.2, 0.25) is 5.91 Å². The lowest BCUT2D eigenvalue weighted by molar-refractivity contribution is -0.144. The Kier molecular flexibility index (Phi) is 5.94. The molecular formula is C18H24N2O3S. The van der Waals surface area contributed by atoms with E-state index in [-0.39, 0.29) is 10.7 Å².